The van der Waals surface area contributed by atoms with Crippen molar-refractivity contribution in [1.82, 2.24) is 4.90 Å². The van der Waals surface area contributed by atoms with Crippen molar-refractivity contribution in [2.24, 2.45) is 0 Å². The molecule has 1 heterocycles. The molecule has 1 amide bonds. The molecule has 0 aliphatic rings. The lowest BCUT2D eigenvalue weighted by atomic mass is 10.2. The Hall–Kier alpha value is -2.01. The number of aryl methyl sites for hydroxylation is 1. The van der Waals surface area contributed by atoms with Gasteiger partial charge in [-0.05, 0) is 30.5 Å². The molecule has 0 saturated carbocycles. The number of nitrogens with two attached hydrogens (primary N) is 1. The van der Waals surface area contributed by atoms with Gasteiger partial charge in [0.2, 0.25) is 0 Å². The van der Waals surface area contributed by atoms with Gasteiger partial charge < -0.3 is 15.4 Å². The van der Waals surface area contributed by atoms with Crippen molar-refractivity contribution < 1.29 is 9.53 Å². The van der Waals surface area contributed by atoms with Crippen molar-refractivity contribution in [3.63, 3.8) is 0 Å². The number of carbonyl (C=O) groups is 1. The molecule has 4 nitrogen and oxygen atoms in total. The van der Waals surface area contributed by atoms with Crippen LogP contribution in [0, 0.1) is 6.92 Å². The van der Waals surface area contributed by atoms with Gasteiger partial charge in [-0.25, -0.2) is 0 Å². The van der Waals surface area contributed by atoms with Crippen LogP contribution in [0.1, 0.15) is 15.2 Å². The Morgan fingerprint density at radius 1 is 1.30 bits per heavy atom. The maximum Gasteiger partial charge on any atom is 0.265 e. The maximum absolute atomic E-state index is 12.1. The second-order valence-corrected chi connectivity index (χ2v) is 5.51. The first-order chi connectivity index (χ1) is 9.58. The van der Waals surface area contributed by atoms with E-state index in [-0.39, 0.29) is 5.91 Å². The summed E-state index contributed by atoms with van der Waals surface area (Å²) in [4.78, 5) is 14.3. The summed E-state index contributed by atoms with van der Waals surface area (Å²) in [5.41, 5.74) is 7.47. The van der Waals surface area contributed by atoms with Crippen molar-refractivity contribution in [1.29, 1.82) is 0 Å². The molecular weight excluding hydrogens is 272 g/mol. The van der Waals surface area contributed by atoms with Crippen molar-refractivity contribution in [3.05, 3.63) is 46.2 Å². The summed E-state index contributed by atoms with van der Waals surface area (Å²) in [5.74, 6) is 0.747. The molecule has 0 atom stereocenters. The maximum atomic E-state index is 12.1. The Balaban J connectivity index is 1.83. The summed E-state index contributed by atoms with van der Waals surface area (Å²) in [5, 5.41) is 1.82. The van der Waals surface area contributed by atoms with Gasteiger partial charge in [-0.3, -0.25) is 4.79 Å². The molecule has 1 aromatic carbocycles. The van der Waals surface area contributed by atoms with E-state index in [2.05, 4.69) is 0 Å². The number of benzene rings is 1. The molecule has 1 aromatic heterocycles. The van der Waals surface area contributed by atoms with Crippen molar-refractivity contribution in [2.75, 3.05) is 25.9 Å². The summed E-state index contributed by atoms with van der Waals surface area (Å²) in [6.07, 6.45) is 0. The zero-order valence-electron chi connectivity index (χ0n) is 11.6. The van der Waals surface area contributed by atoms with Crippen molar-refractivity contribution >= 4 is 22.9 Å². The van der Waals surface area contributed by atoms with E-state index in [9.17, 15) is 4.79 Å². The van der Waals surface area contributed by atoms with E-state index >= 15 is 0 Å². The lowest BCUT2D eigenvalue weighted by Gasteiger charge is -2.17. The number of carbonyl (C=O) groups excluding carboxylic acids is 1. The second-order valence-electron chi connectivity index (χ2n) is 4.59. The van der Waals surface area contributed by atoms with Gasteiger partial charge in [0.25, 0.3) is 5.91 Å². The quantitative estimate of drug-likeness (QED) is 0.921. The van der Waals surface area contributed by atoms with Crippen LogP contribution in [0.5, 0.6) is 5.75 Å². The van der Waals surface area contributed by atoms with Gasteiger partial charge in [0.05, 0.1) is 12.2 Å². The first-order valence-corrected chi connectivity index (χ1v) is 7.24. The van der Waals surface area contributed by atoms with Gasteiger partial charge in [0.15, 0.2) is 0 Å². The van der Waals surface area contributed by atoms with Gasteiger partial charge in [0, 0.05) is 7.05 Å². The lowest BCUT2D eigenvalue weighted by molar-refractivity contribution is 0.0779. The topological polar surface area (TPSA) is 55.6 Å². The van der Waals surface area contributed by atoms with Gasteiger partial charge >= 0.3 is 0 Å². The minimum atomic E-state index is -0.0648. The van der Waals surface area contributed by atoms with Crippen molar-refractivity contribution in [2.45, 2.75) is 6.92 Å². The first-order valence-electron chi connectivity index (χ1n) is 6.36. The highest BCUT2D eigenvalue weighted by Gasteiger charge is 2.15. The van der Waals surface area contributed by atoms with Crippen LogP contribution < -0.4 is 10.5 Å². The fourth-order valence-corrected chi connectivity index (χ4v) is 2.51. The van der Waals surface area contributed by atoms with Gasteiger partial charge in [-0.1, -0.05) is 17.7 Å². The summed E-state index contributed by atoms with van der Waals surface area (Å²) in [6.45, 7) is 3.00. The lowest BCUT2D eigenvalue weighted by Crippen LogP contribution is -2.30. The monoisotopic (exact) mass is 290 g/mol. The van der Waals surface area contributed by atoms with Crippen LogP contribution in [0.4, 0.5) is 5.69 Å². The SMILES string of the molecule is Cc1ccc(OCCN(C)C(=O)c2sccc2N)cc1. The van der Waals surface area contributed by atoms with Crippen LogP contribution >= 0.6 is 11.3 Å². The van der Waals surface area contributed by atoms with Gasteiger partial charge in [-0.15, -0.1) is 11.3 Å². The van der Waals surface area contributed by atoms with Crippen LogP contribution in [-0.2, 0) is 0 Å². The normalized spacial score (nSPS) is 10.3. The molecule has 2 aromatic rings. The van der Waals surface area contributed by atoms with E-state index < -0.39 is 0 Å². The molecule has 0 unspecified atom stereocenters. The van der Waals surface area contributed by atoms with E-state index in [1.807, 2.05) is 36.6 Å². The zero-order chi connectivity index (χ0) is 14.5. The molecule has 0 fully saturated rings. The van der Waals surface area contributed by atoms with Crippen LogP contribution in [0.15, 0.2) is 35.7 Å². The number of nitrogen functional groups attached to an aromatic ring is 1. The van der Waals surface area contributed by atoms with E-state index in [1.54, 1.807) is 18.0 Å². The predicted octanol–water partition coefficient (Wildman–Crippen LogP) is 2.79. The van der Waals surface area contributed by atoms with Gasteiger partial charge in [-0.2, -0.15) is 0 Å². The molecule has 0 aliphatic carbocycles. The molecule has 0 aliphatic heterocycles. The summed E-state index contributed by atoms with van der Waals surface area (Å²) < 4.78 is 5.61. The number of rotatable bonds is 5. The highest BCUT2D eigenvalue weighted by atomic mass is 32.1. The second kappa shape index (κ2) is 6.43. The van der Waals surface area contributed by atoms with E-state index in [0.717, 1.165) is 5.75 Å². The average molecular weight is 290 g/mol. The fraction of sp³-hybridized carbons (Fsp3) is 0.267. The van der Waals surface area contributed by atoms with E-state index in [1.165, 1.54) is 16.9 Å². The molecule has 0 bridgehead atoms. The highest BCUT2D eigenvalue weighted by Crippen LogP contribution is 2.20. The average Bonchev–Trinajstić information content (AvgIpc) is 2.86. The Kier molecular flexibility index (Phi) is 4.63. The number of amides is 1. The van der Waals surface area contributed by atoms with E-state index in [0.29, 0.717) is 23.7 Å². The number of nitrogens with zero attached hydrogens (tertiary/aromatic N) is 1. The summed E-state index contributed by atoms with van der Waals surface area (Å²) >= 11 is 1.36. The number of likely N-dealkylation sites (N-methyl/N-ethyl adjacent to an activating group) is 1. The zero-order valence-corrected chi connectivity index (χ0v) is 12.4. The minimum absolute atomic E-state index is 0.0648. The molecule has 20 heavy (non-hydrogen) atoms. The molecule has 0 spiro atoms. The molecule has 0 radical (unpaired) electrons. The first kappa shape index (κ1) is 14.4. The minimum Gasteiger partial charge on any atom is -0.492 e. The highest BCUT2D eigenvalue weighted by molar-refractivity contribution is 7.12. The Morgan fingerprint density at radius 2 is 2.00 bits per heavy atom. The number of thiophene rings is 1. The standard InChI is InChI=1S/C15H18N2O2S/c1-11-3-5-12(6-4-11)19-9-8-17(2)15(18)14-13(16)7-10-20-14/h3-7,10H,8-9,16H2,1-2H3. The summed E-state index contributed by atoms with van der Waals surface area (Å²) in [7, 11) is 1.75. The fourth-order valence-electron chi connectivity index (χ4n) is 1.70. The number of hydrogen-bond acceptors (Lipinski definition) is 4. The van der Waals surface area contributed by atoms with Crippen LogP contribution in [0.3, 0.4) is 0 Å². The predicted molar refractivity (Wildman–Crippen MR) is 82.4 cm³/mol. The van der Waals surface area contributed by atoms with Crippen LogP contribution in [0.25, 0.3) is 0 Å². The molecule has 0 saturated heterocycles. The molecule has 2 rings (SSSR count). The largest absolute Gasteiger partial charge is 0.492 e. The number of hydrogen-bond donors (Lipinski definition) is 1. The van der Waals surface area contributed by atoms with Gasteiger partial charge in [0.1, 0.15) is 17.2 Å². The number of ether oxygens (including phenoxy) is 1. The molecule has 5 heteroatoms. The third-order valence-electron chi connectivity index (χ3n) is 2.95. The number of anilines is 1. The Labute approximate surface area is 122 Å². The third-order valence-corrected chi connectivity index (χ3v) is 3.87. The van der Waals surface area contributed by atoms with Crippen molar-refractivity contribution in [3.8, 4) is 5.75 Å². The van der Waals surface area contributed by atoms with E-state index in [4.69, 9.17) is 10.5 Å². The third kappa shape index (κ3) is 3.51. The molecular formula is C15H18N2O2S. The smallest absolute Gasteiger partial charge is 0.265 e. The Bertz CT molecular complexity index is 578. The molecule has 106 valence electrons. The molecule has 2 N–H and O–H groups in total. The van der Waals surface area contributed by atoms with Crippen LogP contribution in [-0.4, -0.2) is 31.0 Å². The summed E-state index contributed by atoms with van der Waals surface area (Å²) in [6, 6.07) is 9.59. The Morgan fingerprint density at radius 3 is 2.60 bits per heavy atom. The van der Waals surface area contributed by atoms with Crippen LogP contribution in [0.2, 0.25) is 0 Å².